The molecule has 0 radical (unpaired) electrons. The quantitative estimate of drug-likeness (QED) is 0.0663. The topological polar surface area (TPSA) is 188 Å². The number of aromatic nitrogens is 4. The minimum Gasteiger partial charge on any atom is -0.462 e. The van der Waals surface area contributed by atoms with Crippen molar-refractivity contribution in [1.82, 2.24) is 29.7 Å². The van der Waals surface area contributed by atoms with E-state index in [1.54, 1.807) is 17.2 Å². The van der Waals surface area contributed by atoms with Crippen molar-refractivity contribution < 1.29 is 23.7 Å². The molecule has 0 fully saturated rings. The van der Waals surface area contributed by atoms with Gasteiger partial charge in [-0.3, -0.25) is 9.36 Å². The van der Waals surface area contributed by atoms with Crippen molar-refractivity contribution in [3.05, 3.63) is 132 Å². The number of nitrogens with two attached hydrogens (primary N) is 1. The zero-order chi connectivity index (χ0) is 38.7. The second-order valence-corrected chi connectivity index (χ2v) is 13.6. The summed E-state index contributed by atoms with van der Waals surface area (Å²) in [5.74, 6) is 1.87. The second kappa shape index (κ2) is 18.5. The Morgan fingerprint density at radius 3 is 1.77 bits per heavy atom. The molecular formula is C40H47N11O5. The van der Waals surface area contributed by atoms with Crippen LogP contribution in [0.4, 0.5) is 11.6 Å². The molecule has 3 atom stereocenters. The number of benzene rings is 3. The van der Waals surface area contributed by atoms with E-state index in [1.807, 2.05) is 97.3 Å². The second-order valence-electron chi connectivity index (χ2n) is 13.6. The highest BCUT2D eigenvalue weighted by atomic mass is 16.6. The van der Waals surface area contributed by atoms with Crippen LogP contribution in [0.3, 0.4) is 0 Å². The molecule has 0 aliphatic carbocycles. The fourth-order valence-electron chi connectivity index (χ4n) is 5.96. The van der Waals surface area contributed by atoms with Crippen LogP contribution in [0, 0.1) is 5.92 Å². The number of hydrogen-bond donors (Lipinski definition) is 5. The van der Waals surface area contributed by atoms with Crippen LogP contribution in [-0.4, -0.2) is 62.9 Å². The van der Waals surface area contributed by atoms with Crippen LogP contribution >= 0.6 is 0 Å². The molecule has 2 aliphatic heterocycles. The van der Waals surface area contributed by atoms with Gasteiger partial charge in [-0.15, -0.1) is 0 Å². The van der Waals surface area contributed by atoms with Gasteiger partial charge in [0, 0.05) is 0 Å². The number of anilines is 2. The third-order valence-corrected chi connectivity index (χ3v) is 9.10. The number of hydrogen-bond acceptors (Lipinski definition) is 10. The number of nitrogens with one attached hydrogen (secondary N) is 4. The minimum atomic E-state index is -0.678. The molecular weight excluding hydrogens is 715 g/mol. The molecule has 2 aromatic heterocycles. The third kappa shape index (κ3) is 9.77. The van der Waals surface area contributed by atoms with Gasteiger partial charge >= 0.3 is 5.97 Å². The van der Waals surface area contributed by atoms with Crippen molar-refractivity contribution in [2.24, 2.45) is 21.6 Å². The summed E-state index contributed by atoms with van der Waals surface area (Å²) in [5, 5.41) is 13.4. The lowest BCUT2D eigenvalue weighted by Crippen LogP contribution is -2.42. The average molecular weight is 762 g/mol. The van der Waals surface area contributed by atoms with Crippen molar-refractivity contribution in [3.63, 3.8) is 0 Å². The van der Waals surface area contributed by atoms with Gasteiger partial charge in [-0.2, -0.15) is 0 Å². The van der Waals surface area contributed by atoms with Gasteiger partial charge in [-0.05, 0) is 22.6 Å². The van der Waals surface area contributed by atoms with Crippen LogP contribution in [0.5, 0.6) is 0 Å². The molecule has 2 unspecified atom stereocenters. The molecule has 16 nitrogen and oxygen atoms in total. The van der Waals surface area contributed by atoms with Crippen LogP contribution < -0.4 is 27.0 Å². The van der Waals surface area contributed by atoms with E-state index in [-0.39, 0.29) is 32.5 Å². The molecule has 0 spiro atoms. The minimum absolute atomic E-state index is 0.0200. The normalized spacial score (nSPS) is 18.0. The molecule has 0 saturated carbocycles. The van der Waals surface area contributed by atoms with Crippen LogP contribution in [0.1, 0.15) is 54.4 Å². The maximum absolute atomic E-state index is 12.1. The number of carbonyl (C=O) groups is 1. The van der Waals surface area contributed by atoms with E-state index in [0.717, 1.165) is 28.2 Å². The lowest BCUT2D eigenvalue weighted by Gasteiger charge is -2.28. The third-order valence-electron chi connectivity index (χ3n) is 9.10. The number of guanidine groups is 2. The molecule has 0 amide bonds. The highest BCUT2D eigenvalue weighted by molar-refractivity contribution is 5.97. The largest absolute Gasteiger partial charge is 0.462 e. The van der Waals surface area contributed by atoms with Gasteiger partial charge in [0.15, 0.2) is 12.5 Å². The van der Waals surface area contributed by atoms with E-state index in [1.165, 1.54) is 0 Å². The summed E-state index contributed by atoms with van der Waals surface area (Å²) in [6.45, 7) is 5.53. The number of aliphatic imine (C=N–C) groups is 2. The van der Waals surface area contributed by atoms with E-state index < -0.39 is 24.5 Å². The van der Waals surface area contributed by atoms with Gasteiger partial charge in [0.05, 0.1) is 39.0 Å². The Morgan fingerprint density at radius 2 is 1.23 bits per heavy atom. The zero-order valence-electron chi connectivity index (χ0n) is 31.4. The highest BCUT2D eigenvalue weighted by Crippen LogP contribution is 2.29. The number of fused-ring (bicyclic) bond motifs is 2. The molecule has 5 aromatic rings. The molecule has 4 heterocycles. The lowest BCUT2D eigenvalue weighted by molar-refractivity contribution is -0.148. The van der Waals surface area contributed by atoms with Gasteiger partial charge < -0.3 is 50.5 Å². The summed E-state index contributed by atoms with van der Waals surface area (Å²) in [4.78, 5) is 31.0. The molecule has 3 aromatic carbocycles. The van der Waals surface area contributed by atoms with Crippen molar-refractivity contribution in [3.8, 4) is 0 Å². The number of rotatable bonds is 17. The summed E-state index contributed by atoms with van der Waals surface area (Å²) in [6, 6.07) is 29.4. The SMILES string of the molecule is CC(C)[C@H](N)C(=O)OCCOCn1cnc2c1NC(=NCN=C1Nc3c(ncn3Cc3ccccc3)C(OCc3ccccc3)N1)NC2OCc1ccccc1. The number of esters is 1. The molecule has 0 bridgehead atoms. The first-order chi connectivity index (χ1) is 27.4. The van der Waals surface area contributed by atoms with Crippen molar-refractivity contribution in [2.45, 2.75) is 58.8 Å². The standard InChI is InChI=1S/C40H47N11O5/c1-27(2)31(41)38(52)54-19-18-53-26-51-25-45-33-35(51)47-40(49-37(33)56-22-30-16-10-5-11-17-30)43-23-42-39-46-34-32(36(48-39)55-21-29-14-8-4-9-15-29)44-24-50(34)20-28-12-6-3-7-13-28/h3-17,24-25,27,31,36-37H,18-23,26,41H2,1-2H3,(H2,42,46,48)(H2,43,47,49)/t31-,36?,37?/m0/s1. The van der Waals surface area contributed by atoms with Gasteiger partial charge in [0.1, 0.15) is 49.1 Å². The number of nitrogens with zero attached hydrogens (tertiary/aromatic N) is 6. The first-order valence-electron chi connectivity index (χ1n) is 18.5. The monoisotopic (exact) mass is 761 g/mol. The van der Waals surface area contributed by atoms with Gasteiger partial charge in [0.2, 0.25) is 11.9 Å². The van der Waals surface area contributed by atoms with Gasteiger partial charge in [0.25, 0.3) is 0 Å². The maximum Gasteiger partial charge on any atom is 0.323 e. The Morgan fingerprint density at radius 1 is 0.732 bits per heavy atom. The maximum atomic E-state index is 12.1. The molecule has 6 N–H and O–H groups in total. The lowest BCUT2D eigenvalue weighted by atomic mass is 10.1. The summed E-state index contributed by atoms with van der Waals surface area (Å²) >= 11 is 0. The summed E-state index contributed by atoms with van der Waals surface area (Å²) < 4.78 is 27.6. The Bertz CT molecular complexity index is 2090. The van der Waals surface area contributed by atoms with Gasteiger partial charge in [-0.1, -0.05) is 105 Å². The molecule has 2 aliphatic rings. The summed E-state index contributed by atoms with van der Waals surface area (Å²) in [6.07, 6.45) is 2.29. The Balaban J connectivity index is 1.05. The van der Waals surface area contributed by atoms with E-state index in [2.05, 4.69) is 38.4 Å². The highest BCUT2D eigenvalue weighted by Gasteiger charge is 2.30. The predicted octanol–water partition coefficient (Wildman–Crippen LogP) is 4.46. The van der Waals surface area contributed by atoms with Crippen molar-refractivity contribution in [2.75, 3.05) is 30.5 Å². The molecule has 0 saturated heterocycles. The van der Waals surface area contributed by atoms with Crippen molar-refractivity contribution >= 4 is 29.5 Å². The van der Waals surface area contributed by atoms with E-state index >= 15 is 0 Å². The predicted molar refractivity (Wildman–Crippen MR) is 211 cm³/mol. The molecule has 16 heteroatoms. The fraction of sp³-hybridized carbons (Fsp3) is 0.325. The van der Waals surface area contributed by atoms with Crippen molar-refractivity contribution in [1.29, 1.82) is 0 Å². The van der Waals surface area contributed by atoms with Crippen LogP contribution in [0.25, 0.3) is 0 Å². The fourth-order valence-corrected chi connectivity index (χ4v) is 5.96. The average Bonchev–Trinajstić information content (AvgIpc) is 3.83. The Kier molecular flexibility index (Phi) is 12.6. The van der Waals surface area contributed by atoms with E-state index in [4.69, 9.17) is 39.6 Å². The number of carbonyl (C=O) groups excluding carboxylic acids is 1. The zero-order valence-corrected chi connectivity index (χ0v) is 31.4. The van der Waals surface area contributed by atoms with Crippen LogP contribution in [-0.2, 0) is 50.2 Å². The molecule has 292 valence electrons. The smallest absolute Gasteiger partial charge is 0.323 e. The van der Waals surface area contributed by atoms with Crippen LogP contribution in [0.15, 0.2) is 114 Å². The molecule has 7 rings (SSSR count). The number of imidazole rings is 2. The molecule has 56 heavy (non-hydrogen) atoms. The summed E-state index contributed by atoms with van der Waals surface area (Å²) in [7, 11) is 0. The first-order valence-corrected chi connectivity index (χ1v) is 18.5. The van der Waals surface area contributed by atoms with Crippen LogP contribution in [0.2, 0.25) is 0 Å². The van der Waals surface area contributed by atoms with E-state index in [9.17, 15) is 4.79 Å². The first kappa shape index (κ1) is 38.2. The summed E-state index contributed by atoms with van der Waals surface area (Å²) in [5.41, 5.74) is 10.4. The van der Waals surface area contributed by atoms with E-state index in [0.29, 0.717) is 43.2 Å². The number of ether oxygens (including phenoxy) is 4. The van der Waals surface area contributed by atoms with Gasteiger partial charge in [-0.25, -0.2) is 20.0 Å². The Hall–Kier alpha value is -6.07. The Labute approximate surface area is 325 Å².